The molecule has 0 aliphatic carbocycles. The van der Waals surface area contributed by atoms with E-state index >= 15 is 0 Å². The molecule has 1 amide bonds. The van der Waals surface area contributed by atoms with Crippen molar-refractivity contribution in [2.75, 3.05) is 36.5 Å². The molecule has 3 aromatic rings. The lowest BCUT2D eigenvalue weighted by molar-refractivity contribution is -0.137. The molecule has 0 spiro atoms. The number of morpholine rings is 1. The number of ether oxygens (including phenoxy) is 1. The summed E-state index contributed by atoms with van der Waals surface area (Å²) >= 11 is 6.30. The summed E-state index contributed by atoms with van der Waals surface area (Å²) in [5.41, 5.74) is -1.81. The highest BCUT2D eigenvalue weighted by Crippen LogP contribution is 2.38. The molecule has 184 valence electrons. The fourth-order valence-corrected chi connectivity index (χ4v) is 3.68. The Morgan fingerprint density at radius 3 is 2.51 bits per heavy atom. The Morgan fingerprint density at radius 2 is 1.91 bits per heavy atom. The van der Waals surface area contributed by atoms with Crippen LogP contribution in [0.4, 0.5) is 24.8 Å². The summed E-state index contributed by atoms with van der Waals surface area (Å²) in [7, 11) is 0. The molecule has 4 rings (SSSR count). The summed E-state index contributed by atoms with van der Waals surface area (Å²) in [6.45, 7) is 6.60. The number of halogens is 4. The van der Waals surface area contributed by atoms with E-state index in [4.69, 9.17) is 16.3 Å². The number of fused-ring (bicyclic) bond motifs is 1. The summed E-state index contributed by atoms with van der Waals surface area (Å²) in [6.07, 6.45) is -3.83. The van der Waals surface area contributed by atoms with Crippen LogP contribution in [0, 0.1) is 16.7 Å². The number of nitrogens with zero attached hydrogens (tertiary/aromatic N) is 6. The molecule has 1 N–H and O–H groups in total. The molecule has 1 aliphatic rings. The van der Waals surface area contributed by atoms with Crippen molar-refractivity contribution in [2.45, 2.75) is 26.9 Å². The molecular weight excluding hydrogens is 487 g/mol. The minimum absolute atomic E-state index is 0.0451. The second-order valence-electron chi connectivity index (χ2n) is 8.93. The molecule has 0 unspecified atom stereocenters. The van der Waals surface area contributed by atoms with Gasteiger partial charge in [0, 0.05) is 24.7 Å². The average Bonchev–Trinajstić information content (AvgIpc) is 3.13. The number of aromatic nitrogens is 4. The minimum Gasteiger partial charge on any atom is -0.378 e. The van der Waals surface area contributed by atoms with Crippen LogP contribution in [-0.2, 0) is 15.7 Å². The molecule has 1 saturated heterocycles. The Balaban J connectivity index is 1.90. The summed E-state index contributed by atoms with van der Waals surface area (Å²) in [5.74, 6) is -0.697. The number of nitrogens with one attached hydrogen (secondary N) is 1. The normalized spacial score (nSPS) is 14.7. The first-order valence-corrected chi connectivity index (χ1v) is 11.0. The van der Waals surface area contributed by atoms with E-state index in [0.717, 1.165) is 12.3 Å². The number of anilines is 2. The van der Waals surface area contributed by atoms with Gasteiger partial charge in [-0.3, -0.25) is 4.79 Å². The third-order valence-electron chi connectivity index (χ3n) is 5.36. The van der Waals surface area contributed by atoms with E-state index in [-0.39, 0.29) is 22.4 Å². The Morgan fingerprint density at radius 1 is 1.23 bits per heavy atom. The van der Waals surface area contributed by atoms with Crippen LogP contribution in [-0.4, -0.2) is 51.8 Å². The fourth-order valence-electron chi connectivity index (χ4n) is 3.45. The maximum absolute atomic E-state index is 14.1. The van der Waals surface area contributed by atoms with Crippen molar-refractivity contribution in [2.24, 2.45) is 5.41 Å². The molecule has 13 heteroatoms. The van der Waals surface area contributed by atoms with E-state index in [1.165, 1.54) is 10.6 Å². The lowest BCUT2D eigenvalue weighted by atomic mass is 9.96. The standard InChI is InChI=1S/C22H21ClF3N7O2/c1-21(2,3)20(34)29-16-9-14(22(24,25)26)13(11-28-16)18-30-19(32-4-6-35-7-5-32)15-8-12(10-27)17(23)33(15)31-18/h8-9,11H,4-7H2,1-3H3,(H,28,29,34). The second kappa shape index (κ2) is 8.98. The molecule has 3 aromatic heterocycles. The van der Waals surface area contributed by atoms with Gasteiger partial charge in [-0.15, -0.1) is 5.10 Å². The minimum atomic E-state index is -4.80. The monoisotopic (exact) mass is 507 g/mol. The van der Waals surface area contributed by atoms with E-state index in [1.54, 1.807) is 20.8 Å². The van der Waals surface area contributed by atoms with Gasteiger partial charge in [0.1, 0.15) is 22.6 Å². The van der Waals surface area contributed by atoms with Gasteiger partial charge in [-0.05, 0) is 12.1 Å². The Labute approximate surface area is 203 Å². The van der Waals surface area contributed by atoms with Crippen molar-refractivity contribution >= 4 is 34.7 Å². The molecule has 0 radical (unpaired) electrons. The molecule has 4 heterocycles. The van der Waals surface area contributed by atoms with Gasteiger partial charge in [0.15, 0.2) is 11.6 Å². The van der Waals surface area contributed by atoms with Crippen molar-refractivity contribution in [1.29, 1.82) is 5.26 Å². The SMILES string of the molecule is CC(C)(C)C(=O)Nc1cc(C(F)(F)F)c(-c2nc(N3CCOCC3)c3cc(C#N)c(Cl)n3n2)cn1. The molecule has 0 atom stereocenters. The van der Waals surface area contributed by atoms with Crippen LogP contribution >= 0.6 is 11.6 Å². The number of hydrogen-bond donors (Lipinski definition) is 1. The predicted molar refractivity (Wildman–Crippen MR) is 122 cm³/mol. The maximum atomic E-state index is 14.1. The lowest BCUT2D eigenvalue weighted by Gasteiger charge is -2.28. The Hall–Kier alpha value is -3.43. The van der Waals surface area contributed by atoms with Crippen LogP contribution < -0.4 is 10.2 Å². The van der Waals surface area contributed by atoms with Crippen molar-refractivity contribution in [3.63, 3.8) is 0 Å². The number of hydrogen-bond acceptors (Lipinski definition) is 7. The quantitative estimate of drug-likeness (QED) is 0.567. The van der Waals surface area contributed by atoms with Gasteiger partial charge in [-0.2, -0.15) is 18.4 Å². The van der Waals surface area contributed by atoms with Crippen LogP contribution in [0.2, 0.25) is 5.15 Å². The summed E-state index contributed by atoms with van der Waals surface area (Å²) in [4.78, 5) is 22.5. The third kappa shape index (κ3) is 4.87. The van der Waals surface area contributed by atoms with E-state index in [2.05, 4.69) is 20.4 Å². The topological polar surface area (TPSA) is 108 Å². The number of nitriles is 1. The zero-order valence-corrected chi connectivity index (χ0v) is 19.8. The highest BCUT2D eigenvalue weighted by atomic mass is 35.5. The van der Waals surface area contributed by atoms with Crippen LogP contribution in [0.5, 0.6) is 0 Å². The van der Waals surface area contributed by atoms with E-state index in [1.807, 2.05) is 11.0 Å². The number of carbonyl (C=O) groups is 1. The van der Waals surface area contributed by atoms with E-state index < -0.39 is 28.6 Å². The summed E-state index contributed by atoms with van der Waals surface area (Å²) < 4.78 is 48.8. The summed E-state index contributed by atoms with van der Waals surface area (Å²) in [6, 6.07) is 4.19. The predicted octanol–water partition coefficient (Wildman–Crippen LogP) is 4.16. The average molecular weight is 508 g/mol. The van der Waals surface area contributed by atoms with Crippen molar-refractivity contribution in [1.82, 2.24) is 19.6 Å². The van der Waals surface area contributed by atoms with Crippen molar-refractivity contribution in [3.8, 4) is 17.5 Å². The van der Waals surface area contributed by atoms with E-state index in [9.17, 15) is 23.2 Å². The van der Waals surface area contributed by atoms with Gasteiger partial charge in [0.05, 0.1) is 29.9 Å². The summed E-state index contributed by atoms with van der Waals surface area (Å²) in [5, 5.41) is 16.0. The molecule has 1 aliphatic heterocycles. The number of carbonyl (C=O) groups excluding carboxylic acids is 1. The van der Waals surface area contributed by atoms with Crippen LogP contribution in [0.25, 0.3) is 16.9 Å². The number of pyridine rings is 1. The fraction of sp³-hybridized carbons (Fsp3) is 0.409. The van der Waals surface area contributed by atoms with Gasteiger partial charge in [-0.25, -0.2) is 14.5 Å². The second-order valence-corrected chi connectivity index (χ2v) is 9.29. The first-order valence-electron chi connectivity index (χ1n) is 10.6. The smallest absolute Gasteiger partial charge is 0.378 e. The zero-order chi connectivity index (χ0) is 25.5. The number of alkyl halides is 3. The zero-order valence-electron chi connectivity index (χ0n) is 19.1. The molecule has 35 heavy (non-hydrogen) atoms. The molecule has 1 fully saturated rings. The first kappa shape index (κ1) is 24.7. The van der Waals surface area contributed by atoms with Gasteiger partial charge in [0.25, 0.3) is 0 Å². The van der Waals surface area contributed by atoms with Gasteiger partial charge in [0.2, 0.25) is 5.91 Å². The van der Waals surface area contributed by atoms with Gasteiger partial charge < -0.3 is 15.0 Å². The first-order chi connectivity index (χ1) is 16.4. The third-order valence-corrected chi connectivity index (χ3v) is 5.72. The van der Waals surface area contributed by atoms with Crippen molar-refractivity contribution in [3.05, 3.63) is 34.6 Å². The maximum Gasteiger partial charge on any atom is 0.417 e. The lowest BCUT2D eigenvalue weighted by Crippen LogP contribution is -2.37. The highest BCUT2D eigenvalue weighted by molar-refractivity contribution is 6.31. The molecule has 0 saturated carbocycles. The molecular formula is C22H21ClF3N7O2. The Bertz CT molecular complexity index is 1340. The van der Waals surface area contributed by atoms with Crippen LogP contribution in [0.15, 0.2) is 18.3 Å². The number of rotatable bonds is 3. The van der Waals surface area contributed by atoms with Crippen LogP contribution in [0.3, 0.4) is 0 Å². The Kier molecular flexibility index (Phi) is 6.33. The highest BCUT2D eigenvalue weighted by Gasteiger charge is 2.36. The molecule has 9 nitrogen and oxygen atoms in total. The van der Waals surface area contributed by atoms with E-state index in [0.29, 0.717) is 37.6 Å². The van der Waals surface area contributed by atoms with Gasteiger partial charge >= 0.3 is 6.18 Å². The van der Waals surface area contributed by atoms with Crippen LogP contribution in [0.1, 0.15) is 31.9 Å². The van der Waals surface area contributed by atoms with Crippen molar-refractivity contribution < 1.29 is 22.7 Å². The molecule has 0 bridgehead atoms. The van der Waals surface area contributed by atoms with Gasteiger partial charge in [-0.1, -0.05) is 32.4 Å². The number of amides is 1. The molecule has 0 aromatic carbocycles. The largest absolute Gasteiger partial charge is 0.417 e.